The minimum absolute atomic E-state index is 0.0328. The van der Waals surface area contributed by atoms with Crippen LogP contribution in [0, 0.1) is 11.3 Å². The summed E-state index contributed by atoms with van der Waals surface area (Å²) in [5, 5.41) is 16.4. The van der Waals surface area contributed by atoms with Crippen LogP contribution in [0.1, 0.15) is 68.5 Å². The number of hydrogen-bond acceptors (Lipinski definition) is 13. The third kappa shape index (κ3) is 9.08. The second kappa shape index (κ2) is 13.6. The Kier molecular flexibility index (Phi) is 11.0. The van der Waals surface area contributed by atoms with E-state index >= 15 is 0 Å². The summed E-state index contributed by atoms with van der Waals surface area (Å²) in [7, 11) is -2.74. The van der Waals surface area contributed by atoms with Gasteiger partial charge in [0.15, 0.2) is 11.2 Å². The van der Waals surface area contributed by atoms with Crippen molar-refractivity contribution in [3.8, 4) is 5.88 Å². The van der Waals surface area contributed by atoms with Crippen molar-refractivity contribution in [3.05, 3.63) is 6.33 Å². The van der Waals surface area contributed by atoms with Gasteiger partial charge in [0.25, 0.3) is 0 Å². The van der Waals surface area contributed by atoms with Crippen LogP contribution < -0.4 is 20.6 Å². The number of carbonyl (C=O) groups excluding carboxylic acids is 2. The second-order valence-electron chi connectivity index (χ2n) is 13.1. The Morgan fingerprint density at radius 3 is 2.32 bits per heavy atom. The maximum absolute atomic E-state index is 14.1. The minimum atomic E-state index is -4.17. The molecule has 1 aliphatic rings. The molecule has 1 unspecified atom stereocenters. The number of nitrogens with zero attached hydrogens (tertiary/aromatic N) is 4. The van der Waals surface area contributed by atoms with Crippen molar-refractivity contribution in [3.63, 3.8) is 0 Å². The van der Waals surface area contributed by atoms with Gasteiger partial charge in [-0.3, -0.25) is 18.7 Å². The van der Waals surface area contributed by atoms with Crippen LogP contribution >= 0.6 is 7.67 Å². The number of anilines is 1. The SMILES string of the molecule is COc1nc(N)nc2c1ncn2[C@@H]1O[C@H](COP(=O)(N[C@@H](C)C(=O)OCC(C)(C)C)N[C@@H](C)C(=O)OC(C)(C)C)[C@@H](O)[C@@H]1C. The summed E-state index contributed by atoms with van der Waals surface area (Å²) in [6.45, 7) is 15.3. The smallest absolute Gasteiger partial charge is 0.342 e. The largest absolute Gasteiger partial charge is 0.479 e. The molecule has 7 atom stereocenters. The highest BCUT2D eigenvalue weighted by molar-refractivity contribution is 7.54. The van der Waals surface area contributed by atoms with Gasteiger partial charge < -0.3 is 34.3 Å². The van der Waals surface area contributed by atoms with Crippen LogP contribution in [-0.4, -0.2) is 86.8 Å². The van der Waals surface area contributed by atoms with Crippen LogP contribution in [0.2, 0.25) is 0 Å². The third-order valence-corrected chi connectivity index (χ3v) is 8.43. The Morgan fingerprint density at radius 1 is 1.14 bits per heavy atom. The van der Waals surface area contributed by atoms with E-state index in [9.17, 15) is 19.3 Å². The van der Waals surface area contributed by atoms with Gasteiger partial charge in [-0.2, -0.15) is 9.97 Å². The second-order valence-corrected chi connectivity index (χ2v) is 15.0. The Hall–Kier alpha value is -2.88. The molecule has 1 aliphatic heterocycles. The Morgan fingerprint density at radius 2 is 1.75 bits per heavy atom. The number of aliphatic hydroxyl groups excluding tert-OH is 1. The molecule has 2 aromatic heterocycles. The molecular formula is C27H46N7O9P. The summed E-state index contributed by atoms with van der Waals surface area (Å²) in [4.78, 5) is 38.0. The molecule has 0 spiro atoms. The maximum atomic E-state index is 14.1. The van der Waals surface area contributed by atoms with Gasteiger partial charge in [-0.05, 0) is 40.0 Å². The van der Waals surface area contributed by atoms with Crippen LogP contribution in [0.4, 0.5) is 5.95 Å². The number of ether oxygens (including phenoxy) is 4. The Bertz CT molecular complexity index is 1370. The quantitative estimate of drug-likeness (QED) is 0.193. The molecule has 16 nitrogen and oxygen atoms in total. The van der Waals surface area contributed by atoms with Crippen LogP contribution in [0.15, 0.2) is 6.33 Å². The van der Waals surface area contributed by atoms with Gasteiger partial charge in [0.2, 0.25) is 11.8 Å². The topological polar surface area (TPSA) is 211 Å². The molecule has 44 heavy (non-hydrogen) atoms. The lowest BCUT2D eigenvalue weighted by Crippen LogP contribution is -2.44. The lowest BCUT2D eigenvalue weighted by molar-refractivity contribution is -0.156. The molecule has 3 rings (SSSR count). The molecule has 2 aromatic rings. The molecule has 0 aliphatic carbocycles. The van der Waals surface area contributed by atoms with Crippen LogP contribution in [0.3, 0.4) is 0 Å². The van der Waals surface area contributed by atoms with Crippen molar-refractivity contribution in [2.24, 2.45) is 11.3 Å². The third-order valence-electron chi connectivity index (χ3n) is 6.47. The zero-order valence-corrected chi connectivity index (χ0v) is 27.9. The average molecular weight is 644 g/mol. The fourth-order valence-electron chi connectivity index (χ4n) is 4.29. The van der Waals surface area contributed by atoms with Crippen molar-refractivity contribution in [2.45, 2.75) is 98.4 Å². The summed E-state index contributed by atoms with van der Waals surface area (Å²) in [5.74, 6) is -1.68. The molecule has 0 aromatic carbocycles. The molecule has 0 saturated carbocycles. The normalized spacial score (nSPS) is 23.6. The van der Waals surface area contributed by atoms with E-state index in [1.807, 2.05) is 20.8 Å². The first-order valence-corrected chi connectivity index (χ1v) is 15.9. The van der Waals surface area contributed by atoms with E-state index in [1.165, 1.54) is 27.3 Å². The van der Waals surface area contributed by atoms with Gasteiger partial charge >= 0.3 is 19.6 Å². The van der Waals surface area contributed by atoms with Gasteiger partial charge in [-0.25, -0.2) is 15.2 Å². The van der Waals surface area contributed by atoms with Crippen LogP contribution in [0.5, 0.6) is 5.88 Å². The van der Waals surface area contributed by atoms with Crippen molar-refractivity contribution >= 4 is 36.7 Å². The number of rotatable bonds is 12. The predicted molar refractivity (Wildman–Crippen MR) is 160 cm³/mol. The lowest BCUT2D eigenvalue weighted by atomic mass is 9.99. The number of nitrogen functional groups attached to an aromatic ring is 1. The minimum Gasteiger partial charge on any atom is -0.479 e. The zero-order valence-electron chi connectivity index (χ0n) is 27.0. The van der Waals surface area contributed by atoms with Crippen LogP contribution in [0.25, 0.3) is 11.2 Å². The van der Waals surface area contributed by atoms with Crippen molar-refractivity contribution in [2.75, 3.05) is 26.1 Å². The van der Waals surface area contributed by atoms with E-state index in [0.717, 1.165) is 0 Å². The molecular weight excluding hydrogens is 597 g/mol. The standard InChI is InChI=1S/C27H46N7O9P/c1-14-19(35)17(42-22(14)34-13-29-18-20(34)30-25(28)31-21(18)39-10)11-41-44(38,33-16(3)24(37)43-27(7,8)9)32-15(2)23(36)40-12-26(4,5)6/h13-17,19,22,35H,11-12H2,1-10H3,(H2,28,30,31)(H2,32,33,38)/t14-,15-,16-,17+,19-,22+,44?/m0/s1. The molecule has 0 radical (unpaired) electrons. The molecule has 0 bridgehead atoms. The van der Waals surface area contributed by atoms with Crippen molar-refractivity contribution in [1.82, 2.24) is 29.7 Å². The summed E-state index contributed by atoms with van der Waals surface area (Å²) in [6.07, 6.45) is -1.32. The Labute approximate surface area is 257 Å². The van der Waals surface area contributed by atoms with Gasteiger partial charge in [-0.15, -0.1) is 0 Å². The van der Waals surface area contributed by atoms with Crippen molar-refractivity contribution < 1.29 is 42.7 Å². The summed E-state index contributed by atoms with van der Waals surface area (Å²) >= 11 is 0. The monoisotopic (exact) mass is 643 g/mol. The van der Waals surface area contributed by atoms with Gasteiger partial charge in [0.1, 0.15) is 30.0 Å². The molecule has 1 fully saturated rings. The number of hydrogen-bond donors (Lipinski definition) is 4. The van der Waals surface area contributed by atoms with Gasteiger partial charge in [0, 0.05) is 5.92 Å². The molecule has 5 N–H and O–H groups in total. The summed E-state index contributed by atoms with van der Waals surface area (Å²) in [6, 6.07) is -2.18. The highest BCUT2D eigenvalue weighted by atomic mass is 31.2. The number of nitrogens with two attached hydrogens (primary N) is 1. The number of aliphatic hydroxyl groups is 1. The number of imidazole rings is 1. The number of nitrogens with one attached hydrogen (secondary N) is 2. The predicted octanol–water partition coefficient (Wildman–Crippen LogP) is 2.32. The van der Waals surface area contributed by atoms with Crippen molar-refractivity contribution in [1.29, 1.82) is 0 Å². The van der Waals surface area contributed by atoms with E-state index in [-0.39, 0.29) is 30.5 Å². The highest BCUT2D eigenvalue weighted by Crippen LogP contribution is 2.43. The summed E-state index contributed by atoms with van der Waals surface area (Å²) in [5.41, 5.74) is 5.46. The maximum Gasteiger partial charge on any atom is 0.342 e. The van der Waals surface area contributed by atoms with Crippen LogP contribution in [-0.2, 0) is 32.9 Å². The average Bonchev–Trinajstić information content (AvgIpc) is 3.44. The fraction of sp³-hybridized carbons (Fsp3) is 0.741. The van der Waals surface area contributed by atoms with E-state index < -0.39 is 61.6 Å². The first-order chi connectivity index (χ1) is 20.2. The highest BCUT2D eigenvalue weighted by Gasteiger charge is 2.44. The first kappa shape index (κ1) is 35.6. The molecule has 3 heterocycles. The number of carbonyl (C=O) groups is 2. The lowest BCUT2D eigenvalue weighted by Gasteiger charge is -2.29. The zero-order chi connectivity index (χ0) is 33.2. The van der Waals surface area contributed by atoms with Gasteiger partial charge in [0.05, 0.1) is 32.8 Å². The fourth-order valence-corrected chi connectivity index (χ4v) is 6.10. The van der Waals surface area contributed by atoms with Gasteiger partial charge in [-0.1, -0.05) is 27.7 Å². The summed E-state index contributed by atoms with van der Waals surface area (Å²) < 4.78 is 43.6. The Balaban J connectivity index is 1.80. The molecule has 1 saturated heterocycles. The molecule has 0 amide bonds. The number of esters is 2. The van der Waals surface area contributed by atoms with E-state index in [1.54, 1.807) is 32.3 Å². The number of methoxy groups -OCH3 is 1. The first-order valence-electron chi connectivity index (χ1n) is 14.3. The number of aromatic nitrogens is 4. The van der Waals surface area contributed by atoms with E-state index in [2.05, 4.69) is 25.1 Å². The molecule has 248 valence electrons. The number of fused-ring (bicyclic) bond motifs is 1. The van der Waals surface area contributed by atoms with E-state index in [0.29, 0.717) is 11.2 Å². The molecule has 17 heteroatoms. The van der Waals surface area contributed by atoms with E-state index in [4.69, 9.17) is 29.2 Å².